The van der Waals surface area contributed by atoms with Crippen LogP contribution in [-0.4, -0.2) is 0 Å². The lowest BCUT2D eigenvalue weighted by molar-refractivity contribution is 1.25. The number of benzene rings is 1. The number of rotatable bonds is 1. The van der Waals surface area contributed by atoms with Crippen molar-refractivity contribution < 1.29 is 0 Å². The van der Waals surface area contributed by atoms with Crippen molar-refractivity contribution in [2.45, 2.75) is 18.2 Å². The number of hydrogen-bond donors (Lipinski definition) is 1. The monoisotopic (exact) mass is 219 g/mol. The van der Waals surface area contributed by atoms with E-state index in [1.54, 1.807) is 11.3 Å². The van der Waals surface area contributed by atoms with Gasteiger partial charge in [0.05, 0.1) is 12.5 Å². The summed E-state index contributed by atoms with van der Waals surface area (Å²) in [5.41, 5.74) is 2.26. The third-order valence-corrected chi connectivity index (χ3v) is 3.92. The first kappa shape index (κ1) is 9.57. The highest BCUT2D eigenvalue weighted by Gasteiger charge is 2.07. The summed E-state index contributed by atoms with van der Waals surface area (Å²) in [5.74, 6) is 0. The predicted molar refractivity (Wildman–Crippen MR) is 63.1 cm³/mol. The van der Waals surface area contributed by atoms with Crippen molar-refractivity contribution in [2.75, 3.05) is 0 Å². The van der Waals surface area contributed by atoms with Crippen molar-refractivity contribution in [3.8, 4) is 6.07 Å². The van der Waals surface area contributed by atoms with E-state index in [4.69, 9.17) is 5.26 Å². The van der Waals surface area contributed by atoms with E-state index in [2.05, 4.69) is 30.8 Å². The van der Waals surface area contributed by atoms with Crippen molar-refractivity contribution in [3.05, 3.63) is 28.6 Å². The minimum Gasteiger partial charge on any atom is -0.198 e. The standard InChI is InChI=1S/C11H9NS2/c1-7-6-8(2-4-12)9-3-5-14-11(9)10(7)13/h3,5-6,13H,2H2,1H3. The molecule has 1 nitrogen and oxygen atoms in total. The molecule has 3 heteroatoms. The van der Waals surface area contributed by atoms with Crippen LogP contribution >= 0.6 is 24.0 Å². The molecule has 0 saturated carbocycles. The SMILES string of the molecule is Cc1cc(CC#N)c2ccsc2c1S. The van der Waals surface area contributed by atoms with Crippen molar-refractivity contribution in [1.82, 2.24) is 0 Å². The average Bonchev–Trinajstić information content (AvgIpc) is 2.63. The first-order chi connectivity index (χ1) is 6.74. The number of thiol groups is 1. The molecule has 14 heavy (non-hydrogen) atoms. The van der Waals surface area contributed by atoms with Crippen molar-refractivity contribution in [2.24, 2.45) is 0 Å². The molecule has 70 valence electrons. The van der Waals surface area contributed by atoms with Gasteiger partial charge in [0, 0.05) is 9.60 Å². The lowest BCUT2D eigenvalue weighted by Gasteiger charge is -2.04. The molecule has 0 spiro atoms. The molecule has 2 aromatic rings. The van der Waals surface area contributed by atoms with Gasteiger partial charge in [0.15, 0.2) is 0 Å². The Morgan fingerprint density at radius 3 is 3.07 bits per heavy atom. The highest BCUT2D eigenvalue weighted by atomic mass is 32.1. The molecular weight excluding hydrogens is 210 g/mol. The van der Waals surface area contributed by atoms with Gasteiger partial charge in [0.25, 0.3) is 0 Å². The number of thiophene rings is 1. The maximum absolute atomic E-state index is 8.71. The maximum atomic E-state index is 8.71. The van der Waals surface area contributed by atoms with Gasteiger partial charge >= 0.3 is 0 Å². The van der Waals surface area contributed by atoms with Crippen molar-refractivity contribution >= 4 is 34.1 Å². The second-order valence-corrected chi connectivity index (χ2v) is 4.56. The molecule has 1 heterocycles. The number of fused-ring (bicyclic) bond motifs is 1. The molecule has 0 bridgehead atoms. The van der Waals surface area contributed by atoms with Gasteiger partial charge in [-0.05, 0) is 34.9 Å². The van der Waals surface area contributed by atoms with Crippen molar-refractivity contribution in [3.63, 3.8) is 0 Å². The molecule has 0 fully saturated rings. The minimum atomic E-state index is 0.474. The zero-order valence-electron chi connectivity index (χ0n) is 7.74. The lowest BCUT2D eigenvalue weighted by Crippen LogP contribution is -1.86. The lowest BCUT2D eigenvalue weighted by atomic mass is 10.1. The smallest absolute Gasteiger partial charge is 0.0669 e. The van der Waals surface area contributed by atoms with Crippen LogP contribution < -0.4 is 0 Å². The second-order valence-electron chi connectivity index (χ2n) is 3.20. The van der Waals surface area contributed by atoms with Gasteiger partial charge in [-0.25, -0.2) is 0 Å². The van der Waals surface area contributed by atoms with E-state index in [9.17, 15) is 0 Å². The van der Waals surface area contributed by atoms with Crippen LogP contribution in [0.3, 0.4) is 0 Å². The fraction of sp³-hybridized carbons (Fsp3) is 0.182. The number of hydrogen-bond acceptors (Lipinski definition) is 3. The van der Waals surface area contributed by atoms with E-state index >= 15 is 0 Å². The normalized spacial score (nSPS) is 10.4. The van der Waals surface area contributed by atoms with Gasteiger partial charge in [0.2, 0.25) is 0 Å². The minimum absolute atomic E-state index is 0.474. The summed E-state index contributed by atoms with van der Waals surface area (Å²) in [6.45, 7) is 2.03. The molecule has 0 radical (unpaired) electrons. The first-order valence-electron chi connectivity index (χ1n) is 4.29. The fourth-order valence-corrected chi connectivity index (χ4v) is 2.85. The Labute approximate surface area is 92.4 Å². The zero-order chi connectivity index (χ0) is 10.1. The summed E-state index contributed by atoms with van der Waals surface area (Å²) < 4.78 is 1.19. The third-order valence-electron chi connectivity index (χ3n) is 2.26. The Morgan fingerprint density at radius 1 is 1.57 bits per heavy atom. The second kappa shape index (κ2) is 3.64. The quantitative estimate of drug-likeness (QED) is 0.728. The molecule has 2 rings (SSSR count). The molecule has 0 amide bonds. The summed E-state index contributed by atoms with van der Waals surface area (Å²) in [7, 11) is 0. The maximum Gasteiger partial charge on any atom is 0.0669 e. The van der Waals surface area contributed by atoms with E-state index in [0.29, 0.717) is 6.42 Å². The van der Waals surface area contributed by atoms with Gasteiger partial charge in [-0.2, -0.15) is 5.26 Å². The molecule has 1 aromatic heterocycles. The van der Waals surface area contributed by atoms with E-state index in [0.717, 1.165) is 16.0 Å². The van der Waals surface area contributed by atoms with Crippen molar-refractivity contribution in [1.29, 1.82) is 5.26 Å². The summed E-state index contributed by atoms with van der Waals surface area (Å²) in [6, 6.07) is 6.31. The topological polar surface area (TPSA) is 23.8 Å². The average molecular weight is 219 g/mol. The van der Waals surface area contributed by atoms with E-state index < -0.39 is 0 Å². The summed E-state index contributed by atoms with van der Waals surface area (Å²) in [5, 5.41) is 11.9. The van der Waals surface area contributed by atoms with E-state index in [-0.39, 0.29) is 0 Å². The Hall–Kier alpha value is -0.980. The molecule has 0 atom stereocenters. The van der Waals surface area contributed by atoms with Gasteiger partial charge < -0.3 is 0 Å². The molecular formula is C11H9NS2. The van der Waals surface area contributed by atoms with Crippen LogP contribution in [0.2, 0.25) is 0 Å². The predicted octanol–water partition coefficient (Wildman–Crippen LogP) is 3.56. The molecule has 0 aliphatic carbocycles. The molecule has 0 saturated heterocycles. The molecule has 0 N–H and O–H groups in total. The Bertz CT molecular complexity index is 520. The van der Waals surface area contributed by atoms with Gasteiger partial charge in [0.1, 0.15) is 0 Å². The van der Waals surface area contributed by atoms with Crippen LogP contribution in [0, 0.1) is 18.3 Å². The summed E-state index contributed by atoms with van der Waals surface area (Å²) >= 11 is 6.16. The van der Waals surface area contributed by atoms with Crippen LogP contribution in [0.25, 0.3) is 10.1 Å². The number of aryl methyl sites for hydroxylation is 1. The Morgan fingerprint density at radius 2 is 2.36 bits per heavy atom. The molecule has 0 unspecified atom stereocenters. The van der Waals surface area contributed by atoms with Crippen LogP contribution in [0.15, 0.2) is 22.4 Å². The summed E-state index contributed by atoms with van der Waals surface area (Å²) in [4.78, 5) is 1.04. The Balaban J connectivity index is 2.79. The van der Waals surface area contributed by atoms with Gasteiger partial charge in [-0.1, -0.05) is 6.07 Å². The number of nitriles is 1. The summed E-state index contributed by atoms with van der Waals surface area (Å²) in [6.07, 6.45) is 0.474. The van der Waals surface area contributed by atoms with Crippen LogP contribution in [0.5, 0.6) is 0 Å². The highest BCUT2D eigenvalue weighted by Crippen LogP contribution is 2.32. The van der Waals surface area contributed by atoms with Gasteiger partial charge in [-0.15, -0.1) is 24.0 Å². The first-order valence-corrected chi connectivity index (χ1v) is 5.62. The van der Waals surface area contributed by atoms with Crippen LogP contribution in [0.4, 0.5) is 0 Å². The zero-order valence-corrected chi connectivity index (χ0v) is 9.45. The Kier molecular flexibility index (Phi) is 2.49. The van der Waals surface area contributed by atoms with Crippen LogP contribution in [0.1, 0.15) is 11.1 Å². The van der Waals surface area contributed by atoms with Gasteiger partial charge in [-0.3, -0.25) is 0 Å². The fourth-order valence-electron chi connectivity index (χ4n) is 1.56. The van der Waals surface area contributed by atoms with E-state index in [1.807, 2.05) is 12.3 Å². The van der Waals surface area contributed by atoms with Crippen LogP contribution in [-0.2, 0) is 6.42 Å². The molecule has 0 aliphatic rings. The molecule has 0 aliphatic heterocycles. The highest BCUT2D eigenvalue weighted by molar-refractivity contribution is 7.80. The molecule has 1 aromatic carbocycles. The number of nitrogens with zero attached hydrogens (tertiary/aromatic N) is 1. The van der Waals surface area contributed by atoms with E-state index in [1.165, 1.54) is 10.1 Å². The third kappa shape index (κ3) is 1.41. The largest absolute Gasteiger partial charge is 0.198 e.